The molecule has 24 heavy (non-hydrogen) atoms. The number of allylic oxidation sites excluding steroid dienone is 2. The predicted octanol–water partition coefficient (Wildman–Crippen LogP) is 1.70. The number of aliphatic carboxylic acids is 1. The van der Waals surface area contributed by atoms with E-state index in [9.17, 15) is 14.7 Å². The molecule has 1 aromatic carbocycles. The number of hydrogen-bond donors (Lipinski definition) is 2. The predicted molar refractivity (Wildman–Crippen MR) is 88.2 cm³/mol. The minimum atomic E-state index is -0.868. The first-order valence-electron chi connectivity index (χ1n) is 8.33. The van der Waals surface area contributed by atoms with Gasteiger partial charge in [-0.15, -0.1) is 0 Å². The van der Waals surface area contributed by atoms with Crippen LogP contribution in [0, 0.1) is 5.92 Å². The number of nitrogens with zero attached hydrogens (tertiary/aromatic N) is 1. The number of morpholine rings is 1. The number of ether oxygens (including phenoxy) is 1. The van der Waals surface area contributed by atoms with Gasteiger partial charge in [0.25, 0.3) is 5.91 Å². The van der Waals surface area contributed by atoms with Gasteiger partial charge in [-0.3, -0.25) is 4.79 Å². The second-order valence-corrected chi connectivity index (χ2v) is 6.49. The fraction of sp³-hybridized carbons (Fsp3) is 0.444. The first-order valence-corrected chi connectivity index (χ1v) is 8.33. The molecule has 4 rings (SSSR count). The van der Waals surface area contributed by atoms with Gasteiger partial charge in [-0.1, -0.05) is 24.3 Å². The summed E-state index contributed by atoms with van der Waals surface area (Å²) in [6.07, 6.45) is 4.86. The number of anilines is 1. The smallest absolute Gasteiger partial charge is 0.326 e. The van der Waals surface area contributed by atoms with Crippen LogP contribution in [0.1, 0.15) is 28.3 Å². The van der Waals surface area contributed by atoms with Gasteiger partial charge in [0, 0.05) is 24.9 Å². The lowest BCUT2D eigenvalue weighted by atomic mass is 9.78. The van der Waals surface area contributed by atoms with Crippen LogP contribution in [-0.2, 0) is 9.53 Å². The zero-order chi connectivity index (χ0) is 16.7. The summed E-state index contributed by atoms with van der Waals surface area (Å²) >= 11 is 0. The van der Waals surface area contributed by atoms with Crippen LogP contribution in [0.3, 0.4) is 0 Å². The highest BCUT2D eigenvalue weighted by molar-refractivity contribution is 6.01. The van der Waals surface area contributed by atoms with Crippen LogP contribution in [0.15, 0.2) is 30.4 Å². The summed E-state index contributed by atoms with van der Waals surface area (Å²) in [5.41, 5.74) is 2.25. The molecule has 0 spiro atoms. The lowest BCUT2D eigenvalue weighted by Crippen LogP contribution is -2.44. The second-order valence-electron chi connectivity index (χ2n) is 6.49. The number of hydrogen-bond acceptors (Lipinski definition) is 4. The lowest BCUT2D eigenvalue weighted by Gasteiger charge is -2.36. The number of carboxylic acid groups (broad SMARTS) is 1. The number of carboxylic acids is 1. The summed E-state index contributed by atoms with van der Waals surface area (Å²) in [6.45, 7) is 2.21. The van der Waals surface area contributed by atoms with Gasteiger partial charge < -0.3 is 20.1 Å². The first kappa shape index (κ1) is 15.2. The van der Waals surface area contributed by atoms with Gasteiger partial charge >= 0.3 is 5.97 Å². The molecule has 1 saturated heterocycles. The summed E-state index contributed by atoms with van der Waals surface area (Å²) in [4.78, 5) is 26.4. The Morgan fingerprint density at radius 2 is 2.04 bits per heavy atom. The maximum Gasteiger partial charge on any atom is 0.326 e. The Morgan fingerprint density at radius 1 is 1.25 bits per heavy atom. The standard InChI is InChI=1S/C18H20N2O4/c21-17(20-7-9-24-10-8-20)14-6-2-4-12-11-3-1-5-13(11)16(18(22)23)19-15(12)14/h1-4,6,11,13,16,19H,5,7-10H2,(H,22,23)/t11-,13-,16-/m0/s1. The number of benzene rings is 1. The monoisotopic (exact) mass is 328 g/mol. The molecule has 3 atom stereocenters. The summed E-state index contributed by atoms with van der Waals surface area (Å²) in [6, 6.07) is 4.99. The molecule has 1 fully saturated rings. The summed E-state index contributed by atoms with van der Waals surface area (Å²) in [5, 5.41) is 12.7. The maximum atomic E-state index is 12.9. The highest BCUT2D eigenvalue weighted by Gasteiger charge is 2.42. The van der Waals surface area contributed by atoms with Gasteiger partial charge in [-0.25, -0.2) is 4.79 Å². The highest BCUT2D eigenvalue weighted by atomic mass is 16.5. The molecule has 126 valence electrons. The Bertz CT molecular complexity index is 709. The number of carbonyl (C=O) groups excluding carboxylic acids is 1. The fourth-order valence-electron chi connectivity index (χ4n) is 3.98. The van der Waals surface area contributed by atoms with Crippen molar-refractivity contribution in [2.75, 3.05) is 31.6 Å². The highest BCUT2D eigenvalue weighted by Crippen LogP contribution is 2.45. The molecule has 2 heterocycles. The fourth-order valence-corrected chi connectivity index (χ4v) is 3.98. The second kappa shape index (κ2) is 5.94. The van der Waals surface area contributed by atoms with Gasteiger partial charge in [-0.05, 0) is 18.1 Å². The van der Waals surface area contributed by atoms with Crippen molar-refractivity contribution in [2.24, 2.45) is 5.92 Å². The van der Waals surface area contributed by atoms with E-state index in [1.165, 1.54) is 0 Å². The molecule has 2 N–H and O–H groups in total. The van der Waals surface area contributed by atoms with Crippen LogP contribution in [0.2, 0.25) is 0 Å². The summed E-state index contributed by atoms with van der Waals surface area (Å²) in [5.74, 6) is -0.872. The number of rotatable bonds is 2. The van der Waals surface area contributed by atoms with Crippen molar-refractivity contribution < 1.29 is 19.4 Å². The van der Waals surface area contributed by atoms with Crippen molar-refractivity contribution in [2.45, 2.75) is 18.4 Å². The molecule has 6 heteroatoms. The molecule has 0 radical (unpaired) electrons. The van der Waals surface area contributed by atoms with Crippen molar-refractivity contribution in [3.05, 3.63) is 41.5 Å². The van der Waals surface area contributed by atoms with E-state index >= 15 is 0 Å². The van der Waals surface area contributed by atoms with Crippen LogP contribution >= 0.6 is 0 Å². The molecule has 3 aliphatic rings. The quantitative estimate of drug-likeness (QED) is 0.808. The Kier molecular flexibility index (Phi) is 3.76. The molecule has 1 aromatic rings. The van der Waals surface area contributed by atoms with Gasteiger partial charge in [-0.2, -0.15) is 0 Å². The van der Waals surface area contributed by atoms with E-state index < -0.39 is 12.0 Å². The van der Waals surface area contributed by atoms with Crippen LogP contribution in [0.25, 0.3) is 0 Å². The minimum Gasteiger partial charge on any atom is -0.480 e. The molecule has 1 aliphatic carbocycles. The average Bonchev–Trinajstić information content (AvgIpc) is 3.10. The third-order valence-corrected chi connectivity index (χ3v) is 5.19. The van der Waals surface area contributed by atoms with Crippen molar-refractivity contribution in [1.29, 1.82) is 0 Å². The zero-order valence-corrected chi connectivity index (χ0v) is 13.3. The van der Waals surface area contributed by atoms with Gasteiger partial charge in [0.15, 0.2) is 0 Å². The van der Waals surface area contributed by atoms with Gasteiger partial charge in [0.05, 0.1) is 24.5 Å². The van der Waals surface area contributed by atoms with Crippen LogP contribution in [0.4, 0.5) is 5.69 Å². The Labute approximate surface area is 140 Å². The number of fused-ring (bicyclic) bond motifs is 3. The minimum absolute atomic E-state index is 0.00346. The average molecular weight is 328 g/mol. The molecule has 0 unspecified atom stereocenters. The van der Waals surface area contributed by atoms with E-state index in [1.54, 1.807) is 11.0 Å². The molecule has 2 aliphatic heterocycles. The topological polar surface area (TPSA) is 78.9 Å². The van der Waals surface area contributed by atoms with Crippen molar-refractivity contribution in [1.82, 2.24) is 4.90 Å². The number of nitrogens with one attached hydrogen (secondary N) is 1. The number of amides is 1. The van der Waals surface area contributed by atoms with Crippen LogP contribution in [0.5, 0.6) is 0 Å². The largest absolute Gasteiger partial charge is 0.480 e. The van der Waals surface area contributed by atoms with Crippen LogP contribution in [-0.4, -0.2) is 54.2 Å². The molecule has 6 nitrogen and oxygen atoms in total. The molecule has 0 bridgehead atoms. The Balaban J connectivity index is 1.73. The normalized spacial score (nSPS) is 28.0. The molecule has 0 saturated carbocycles. The number of para-hydroxylation sites is 1. The molecular formula is C18H20N2O4. The Morgan fingerprint density at radius 3 is 2.79 bits per heavy atom. The van der Waals surface area contributed by atoms with E-state index in [2.05, 4.69) is 11.4 Å². The van der Waals surface area contributed by atoms with Crippen LogP contribution < -0.4 is 5.32 Å². The van der Waals surface area contributed by atoms with E-state index in [0.717, 1.165) is 12.0 Å². The van der Waals surface area contributed by atoms with Gasteiger partial charge in [0.2, 0.25) is 0 Å². The third kappa shape index (κ3) is 2.38. The lowest BCUT2D eigenvalue weighted by molar-refractivity contribution is -0.139. The summed E-state index contributed by atoms with van der Waals surface area (Å²) < 4.78 is 5.31. The molecule has 1 amide bonds. The molecule has 0 aromatic heterocycles. The first-order chi connectivity index (χ1) is 11.7. The maximum absolute atomic E-state index is 12.9. The van der Waals surface area contributed by atoms with E-state index in [-0.39, 0.29) is 17.7 Å². The summed E-state index contributed by atoms with van der Waals surface area (Å²) in [7, 11) is 0. The van der Waals surface area contributed by atoms with Crippen molar-refractivity contribution in [3.8, 4) is 0 Å². The number of carbonyl (C=O) groups is 2. The van der Waals surface area contributed by atoms with Crippen molar-refractivity contribution >= 4 is 17.6 Å². The Hall–Kier alpha value is -2.34. The van der Waals surface area contributed by atoms with E-state index in [4.69, 9.17) is 4.74 Å². The molecular weight excluding hydrogens is 308 g/mol. The van der Waals surface area contributed by atoms with Gasteiger partial charge in [0.1, 0.15) is 6.04 Å². The SMILES string of the molecule is O=C(O)[C@H]1Nc2c(C(=O)N3CCOCC3)cccc2[C@@H]2C=CC[C@H]12. The van der Waals surface area contributed by atoms with E-state index in [0.29, 0.717) is 37.6 Å². The third-order valence-electron chi connectivity index (χ3n) is 5.19. The van der Waals surface area contributed by atoms with E-state index in [1.807, 2.05) is 18.2 Å². The van der Waals surface area contributed by atoms with Crippen molar-refractivity contribution in [3.63, 3.8) is 0 Å². The zero-order valence-electron chi connectivity index (χ0n) is 13.3.